The van der Waals surface area contributed by atoms with E-state index in [1.54, 1.807) is 13.3 Å². The average molecular weight is 292 g/mol. The maximum absolute atomic E-state index is 12.9. The lowest BCUT2D eigenvalue weighted by atomic mass is 9.75. The molecule has 0 aromatic carbocycles. The van der Waals surface area contributed by atoms with Gasteiger partial charge in [-0.2, -0.15) is 5.10 Å². The lowest BCUT2D eigenvalue weighted by molar-refractivity contribution is 0.0844. The molecule has 0 N–H and O–H groups in total. The minimum atomic E-state index is 0.140. The molecule has 4 heteroatoms. The van der Waals surface area contributed by atoms with Crippen molar-refractivity contribution >= 4 is 5.78 Å². The number of hydrogen-bond donors (Lipinski definition) is 0. The minimum absolute atomic E-state index is 0.140. The summed E-state index contributed by atoms with van der Waals surface area (Å²) in [6, 6.07) is 0. The summed E-state index contributed by atoms with van der Waals surface area (Å²) in [7, 11) is 1.61. The summed E-state index contributed by atoms with van der Waals surface area (Å²) in [5, 5.41) is 4.31. The Morgan fingerprint density at radius 3 is 2.57 bits per heavy atom. The Balaban J connectivity index is 2.12. The third-order valence-electron chi connectivity index (χ3n) is 4.78. The van der Waals surface area contributed by atoms with Crippen LogP contribution in [0.1, 0.15) is 63.4 Å². The summed E-state index contributed by atoms with van der Waals surface area (Å²) in [6.07, 6.45) is 6.97. The molecule has 0 bridgehead atoms. The smallest absolute Gasteiger partial charge is 0.187 e. The van der Waals surface area contributed by atoms with Crippen molar-refractivity contribution in [2.45, 2.75) is 59.4 Å². The number of rotatable bonds is 6. The summed E-state index contributed by atoms with van der Waals surface area (Å²) in [5.41, 5.74) is 0.673. The van der Waals surface area contributed by atoms with Crippen LogP contribution < -0.4 is 4.74 Å². The standard InChI is InChI=1S/C17H28N2O2/c1-5-10-19-16(15(21-4)11-18-19)17(20)14-8-6-13(7-9-14)12(2)3/h11-14H,5-10H2,1-4H3. The quantitative estimate of drug-likeness (QED) is 0.746. The van der Waals surface area contributed by atoms with Crippen LogP contribution in [0, 0.1) is 17.8 Å². The zero-order valence-corrected chi connectivity index (χ0v) is 13.8. The monoisotopic (exact) mass is 292 g/mol. The second-order valence-corrected chi connectivity index (χ2v) is 6.50. The summed E-state index contributed by atoms with van der Waals surface area (Å²) < 4.78 is 7.15. The molecule has 2 rings (SSSR count). The molecule has 4 nitrogen and oxygen atoms in total. The number of methoxy groups -OCH3 is 1. The van der Waals surface area contributed by atoms with E-state index in [1.165, 1.54) is 0 Å². The Bertz CT molecular complexity index is 471. The van der Waals surface area contributed by atoms with E-state index in [0.717, 1.165) is 50.5 Å². The van der Waals surface area contributed by atoms with Crippen molar-refractivity contribution < 1.29 is 9.53 Å². The maximum atomic E-state index is 12.9. The molecule has 1 aliphatic carbocycles. The molecule has 0 aliphatic heterocycles. The van der Waals surface area contributed by atoms with Crippen LogP contribution in [0.5, 0.6) is 5.75 Å². The number of hydrogen-bond acceptors (Lipinski definition) is 3. The van der Waals surface area contributed by atoms with Gasteiger partial charge in [-0.15, -0.1) is 0 Å². The number of carbonyl (C=O) groups excluding carboxylic acids is 1. The third kappa shape index (κ3) is 3.47. The molecule has 21 heavy (non-hydrogen) atoms. The Hall–Kier alpha value is -1.32. The second kappa shape index (κ2) is 7.10. The van der Waals surface area contributed by atoms with E-state index in [1.807, 2.05) is 4.68 Å². The van der Waals surface area contributed by atoms with Crippen molar-refractivity contribution in [3.63, 3.8) is 0 Å². The molecule has 1 fully saturated rings. The van der Waals surface area contributed by atoms with Gasteiger partial charge in [0, 0.05) is 12.5 Å². The molecule has 0 saturated heterocycles. The molecular formula is C17H28N2O2. The van der Waals surface area contributed by atoms with Gasteiger partial charge in [-0.25, -0.2) is 0 Å². The number of aryl methyl sites for hydroxylation is 1. The topological polar surface area (TPSA) is 44.1 Å². The van der Waals surface area contributed by atoms with Crippen LogP contribution in [0.15, 0.2) is 6.20 Å². The van der Waals surface area contributed by atoms with Crippen LogP contribution >= 0.6 is 0 Å². The van der Waals surface area contributed by atoms with E-state index in [9.17, 15) is 4.79 Å². The van der Waals surface area contributed by atoms with Gasteiger partial charge in [-0.1, -0.05) is 20.8 Å². The first kappa shape index (κ1) is 16.1. The van der Waals surface area contributed by atoms with Crippen LogP contribution in [-0.4, -0.2) is 22.7 Å². The third-order valence-corrected chi connectivity index (χ3v) is 4.78. The molecule has 0 amide bonds. The van der Waals surface area contributed by atoms with Crippen LogP contribution in [0.2, 0.25) is 0 Å². The highest BCUT2D eigenvalue weighted by atomic mass is 16.5. The first-order valence-corrected chi connectivity index (χ1v) is 8.22. The highest BCUT2D eigenvalue weighted by Gasteiger charge is 2.31. The van der Waals surface area contributed by atoms with Gasteiger partial charge in [0.2, 0.25) is 0 Å². The predicted octanol–water partition coefficient (Wildman–Crippen LogP) is 3.95. The number of nitrogens with zero attached hydrogens (tertiary/aromatic N) is 2. The van der Waals surface area contributed by atoms with Crippen molar-refractivity contribution in [1.82, 2.24) is 9.78 Å². The largest absolute Gasteiger partial charge is 0.493 e. The first-order valence-electron chi connectivity index (χ1n) is 8.22. The number of Topliss-reactive ketones (excluding diaryl/α,β-unsaturated/α-hetero) is 1. The van der Waals surface area contributed by atoms with Crippen LogP contribution in [0.25, 0.3) is 0 Å². The summed E-state index contributed by atoms with van der Waals surface area (Å²) >= 11 is 0. The van der Waals surface area contributed by atoms with E-state index in [-0.39, 0.29) is 11.7 Å². The fourth-order valence-corrected chi connectivity index (χ4v) is 3.39. The zero-order chi connectivity index (χ0) is 15.4. The SMILES string of the molecule is CCCn1ncc(OC)c1C(=O)C1CCC(C(C)C)CC1. The summed E-state index contributed by atoms with van der Waals surface area (Å²) in [4.78, 5) is 12.9. The van der Waals surface area contributed by atoms with E-state index in [2.05, 4.69) is 25.9 Å². The number of ketones is 1. The zero-order valence-electron chi connectivity index (χ0n) is 13.8. The van der Waals surface area contributed by atoms with Crippen molar-refractivity contribution in [1.29, 1.82) is 0 Å². The van der Waals surface area contributed by atoms with Crippen molar-refractivity contribution in [3.05, 3.63) is 11.9 Å². The van der Waals surface area contributed by atoms with Gasteiger partial charge in [0.05, 0.1) is 13.3 Å². The van der Waals surface area contributed by atoms with Gasteiger partial charge < -0.3 is 4.74 Å². The number of ether oxygens (including phenoxy) is 1. The van der Waals surface area contributed by atoms with E-state index in [0.29, 0.717) is 11.4 Å². The maximum Gasteiger partial charge on any atom is 0.187 e. The molecule has 1 aromatic rings. The van der Waals surface area contributed by atoms with E-state index in [4.69, 9.17) is 4.74 Å². The molecule has 0 spiro atoms. The molecule has 1 aromatic heterocycles. The molecule has 1 saturated carbocycles. The van der Waals surface area contributed by atoms with Gasteiger partial charge in [0.15, 0.2) is 11.5 Å². The van der Waals surface area contributed by atoms with Crippen molar-refractivity contribution in [2.75, 3.05) is 7.11 Å². The second-order valence-electron chi connectivity index (χ2n) is 6.50. The lowest BCUT2D eigenvalue weighted by Crippen LogP contribution is -2.26. The van der Waals surface area contributed by atoms with Gasteiger partial charge in [0.25, 0.3) is 0 Å². The van der Waals surface area contributed by atoms with Crippen molar-refractivity contribution in [2.24, 2.45) is 17.8 Å². The molecule has 1 aliphatic rings. The molecule has 118 valence electrons. The summed E-state index contributed by atoms with van der Waals surface area (Å²) in [6.45, 7) is 7.43. The van der Waals surface area contributed by atoms with Gasteiger partial charge >= 0.3 is 0 Å². The van der Waals surface area contributed by atoms with Crippen LogP contribution in [0.4, 0.5) is 0 Å². The van der Waals surface area contributed by atoms with E-state index < -0.39 is 0 Å². The lowest BCUT2D eigenvalue weighted by Gasteiger charge is -2.30. The molecule has 0 unspecified atom stereocenters. The number of carbonyl (C=O) groups is 1. The molecule has 1 heterocycles. The van der Waals surface area contributed by atoms with E-state index >= 15 is 0 Å². The normalized spacial score (nSPS) is 22.5. The van der Waals surface area contributed by atoms with Gasteiger partial charge in [-0.05, 0) is 43.9 Å². The fourth-order valence-electron chi connectivity index (χ4n) is 3.39. The Kier molecular flexibility index (Phi) is 5.43. The fraction of sp³-hybridized carbons (Fsp3) is 0.765. The van der Waals surface area contributed by atoms with Gasteiger partial charge in [-0.3, -0.25) is 9.48 Å². The molecule has 0 radical (unpaired) electrons. The minimum Gasteiger partial charge on any atom is -0.493 e. The Labute approximate surface area is 127 Å². The Morgan fingerprint density at radius 2 is 2.05 bits per heavy atom. The molecule has 0 atom stereocenters. The van der Waals surface area contributed by atoms with Crippen LogP contribution in [0.3, 0.4) is 0 Å². The van der Waals surface area contributed by atoms with Crippen molar-refractivity contribution in [3.8, 4) is 5.75 Å². The highest BCUT2D eigenvalue weighted by Crippen LogP contribution is 2.36. The molecular weight excluding hydrogens is 264 g/mol. The Morgan fingerprint density at radius 1 is 1.38 bits per heavy atom. The summed E-state index contributed by atoms with van der Waals surface area (Å²) in [5.74, 6) is 2.48. The number of aromatic nitrogens is 2. The van der Waals surface area contributed by atoms with Gasteiger partial charge in [0.1, 0.15) is 5.69 Å². The van der Waals surface area contributed by atoms with Crippen LogP contribution in [-0.2, 0) is 6.54 Å². The highest BCUT2D eigenvalue weighted by molar-refractivity contribution is 5.98. The first-order chi connectivity index (χ1) is 10.1. The average Bonchev–Trinajstić information content (AvgIpc) is 2.90. The predicted molar refractivity (Wildman–Crippen MR) is 83.7 cm³/mol.